The minimum atomic E-state index is -3.57. The second kappa shape index (κ2) is 10.8. The molecule has 0 aromatic heterocycles. The highest BCUT2D eigenvalue weighted by Gasteiger charge is 2.33. The lowest BCUT2D eigenvalue weighted by atomic mass is 9.99. The standard InChI is InChI=1S/C24H32N2O4S/c1-3-30-22-12-10-20(11-13-22)6-4-16-25-24(27)21-7-5-17-26(18-21)31(28,29)23-14-8-19(2)9-15-23/h8-15,21H,3-7,16-18H2,1-2H3,(H,25,27)/t21-/m0/s1. The Balaban J connectivity index is 1.47. The molecule has 0 spiro atoms. The van der Waals surface area contributed by atoms with Gasteiger partial charge >= 0.3 is 0 Å². The highest BCUT2D eigenvalue weighted by molar-refractivity contribution is 7.89. The van der Waals surface area contributed by atoms with Crippen molar-refractivity contribution in [2.75, 3.05) is 26.2 Å². The van der Waals surface area contributed by atoms with Gasteiger partial charge in [-0.3, -0.25) is 4.79 Å². The molecular formula is C24H32N2O4S. The minimum absolute atomic E-state index is 0.0597. The number of hydrogen-bond donors (Lipinski definition) is 1. The first-order valence-electron chi connectivity index (χ1n) is 11.0. The van der Waals surface area contributed by atoms with Crippen LogP contribution in [0.4, 0.5) is 0 Å². The van der Waals surface area contributed by atoms with Crippen molar-refractivity contribution in [3.63, 3.8) is 0 Å². The number of sulfonamides is 1. The third-order valence-electron chi connectivity index (χ3n) is 5.59. The quantitative estimate of drug-likeness (QED) is 0.600. The van der Waals surface area contributed by atoms with Crippen molar-refractivity contribution >= 4 is 15.9 Å². The summed E-state index contributed by atoms with van der Waals surface area (Å²) in [5.41, 5.74) is 2.21. The zero-order valence-electron chi connectivity index (χ0n) is 18.3. The van der Waals surface area contributed by atoms with Crippen LogP contribution in [-0.2, 0) is 21.2 Å². The van der Waals surface area contributed by atoms with Gasteiger partial charge in [0.2, 0.25) is 15.9 Å². The van der Waals surface area contributed by atoms with Crippen LogP contribution in [0.25, 0.3) is 0 Å². The Labute approximate surface area is 185 Å². The molecule has 0 aliphatic carbocycles. The van der Waals surface area contributed by atoms with E-state index in [1.165, 1.54) is 9.87 Å². The number of ether oxygens (including phenoxy) is 1. The van der Waals surface area contributed by atoms with Crippen LogP contribution in [0, 0.1) is 12.8 Å². The maximum atomic E-state index is 12.9. The molecule has 0 radical (unpaired) electrons. The molecule has 0 bridgehead atoms. The smallest absolute Gasteiger partial charge is 0.243 e. The first-order valence-corrected chi connectivity index (χ1v) is 12.4. The second-order valence-electron chi connectivity index (χ2n) is 7.99. The van der Waals surface area contributed by atoms with Gasteiger partial charge in [-0.25, -0.2) is 8.42 Å². The van der Waals surface area contributed by atoms with E-state index in [0.717, 1.165) is 24.2 Å². The normalized spacial score (nSPS) is 17.3. The Morgan fingerprint density at radius 1 is 1.13 bits per heavy atom. The monoisotopic (exact) mass is 444 g/mol. The highest BCUT2D eigenvalue weighted by Crippen LogP contribution is 2.24. The SMILES string of the molecule is CCOc1ccc(CCCNC(=O)[C@H]2CCCN(S(=O)(=O)c3ccc(C)cc3)C2)cc1. The Morgan fingerprint density at radius 2 is 1.84 bits per heavy atom. The van der Waals surface area contributed by atoms with Crippen LogP contribution < -0.4 is 10.1 Å². The summed E-state index contributed by atoms with van der Waals surface area (Å²) in [5, 5.41) is 2.99. The molecule has 0 unspecified atom stereocenters. The third kappa shape index (κ3) is 6.31. The summed E-state index contributed by atoms with van der Waals surface area (Å²) < 4.78 is 32.8. The van der Waals surface area contributed by atoms with Crippen LogP contribution in [-0.4, -0.2) is 44.9 Å². The molecule has 7 heteroatoms. The first kappa shape index (κ1) is 23.3. The summed E-state index contributed by atoms with van der Waals surface area (Å²) in [6.07, 6.45) is 3.10. The van der Waals surface area contributed by atoms with Crippen LogP contribution in [0.2, 0.25) is 0 Å². The molecule has 0 saturated carbocycles. The molecule has 1 amide bonds. The zero-order valence-corrected chi connectivity index (χ0v) is 19.2. The lowest BCUT2D eigenvalue weighted by molar-refractivity contribution is -0.126. The van der Waals surface area contributed by atoms with E-state index < -0.39 is 10.0 Å². The number of rotatable bonds is 9. The van der Waals surface area contributed by atoms with E-state index >= 15 is 0 Å². The van der Waals surface area contributed by atoms with Crippen molar-refractivity contribution in [3.05, 3.63) is 59.7 Å². The lowest BCUT2D eigenvalue weighted by Gasteiger charge is -2.31. The molecule has 1 aliphatic heterocycles. The van der Waals surface area contributed by atoms with Crippen molar-refractivity contribution in [2.24, 2.45) is 5.92 Å². The Kier molecular flexibility index (Phi) is 8.09. The predicted molar refractivity (Wildman–Crippen MR) is 122 cm³/mol. The van der Waals surface area contributed by atoms with E-state index in [1.54, 1.807) is 24.3 Å². The van der Waals surface area contributed by atoms with Crippen molar-refractivity contribution in [2.45, 2.75) is 44.4 Å². The summed E-state index contributed by atoms with van der Waals surface area (Å²) >= 11 is 0. The van der Waals surface area contributed by atoms with E-state index in [9.17, 15) is 13.2 Å². The van der Waals surface area contributed by atoms with Crippen LogP contribution in [0.15, 0.2) is 53.4 Å². The van der Waals surface area contributed by atoms with Crippen molar-refractivity contribution < 1.29 is 17.9 Å². The fourth-order valence-corrected chi connectivity index (χ4v) is 5.33. The van der Waals surface area contributed by atoms with Crippen molar-refractivity contribution in [1.29, 1.82) is 0 Å². The summed E-state index contributed by atoms with van der Waals surface area (Å²) in [7, 11) is -3.57. The second-order valence-corrected chi connectivity index (χ2v) is 9.92. The van der Waals surface area contributed by atoms with Crippen molar-refractivity contribution in [1.82, 2.24) is 9.62 Å². The number of aryl methyl sites for hydroxylation is 2. The number of hydrogen-bond acceptors (Lipinski definition) is 4. The highest BCUT2D eigenvalue weighted by atomic mass is 32.2. The number of nitrogens with zero attached hydrogens (tertiary/aromatic N) is 1. The molecule has 2 aromatic rings. The van der Waals surface area contributed by atoms with E-state index in [0.29, 0.717) is 32.5 Å². The van der Waals surface area contributed by atoms with Gasteiger partial charge < -0.3 is 10.1 Å². The van der Waals surface area contributed by atoms with Gasteiger partial charge in [0, 0.05) is 19.6 Å². The largest absolute Gasteiger partial charge is 0.494 e. The average Bonchev–Trinajstić information content (AvgIpc) is 2.78. The van der Waals surface area contributed by atoms with E-state index in [1.807, 2.05) is 38.1 Å². The third-order valence-corrected chi connectivity index (χ3v) is 7.47. The molecule has 1 N–H and O–H groups in total. The molecule has 1 atom stereocenters. The number of amides is 1. The molecule has 6 nitrogen and oxygen atoms in total. The van der Waals surface area contributed by atoms with Crippen LogP contribution in [0.5, 0.6) is 5.75 Å². The molecule has 1 heterocycles. The maximum absolute atomic E-state index is 12.9. The van der Waals surface area contributed by atoms with Gasteiger partial charge in [-0.2, -0.15) is 4.31 Å². The Morgan fingerprint density at radius 3 is 2.52 bits per heavy atom. The first-order chi connectivity index (χ1) is 14.9. The zero-order chi connectivity index (χ0) is 22.3. The molecule has 3 rings (SSSR count). The van der Waals surface area contributed by atoms with Gasteiger partial charge in [0.1, 0.15) is 5.75 Å². The molecule has 2 aromatic carbocycles. The molecule has 1 fully saturated rings. The lowest BCUT2D eigenvalue weighted by Crippen LogP contribution is -2.45. The summed E-state index contributed by atoms with van der Waals surface area (Å²) in [6, 6.07) is 14.9. The maximum Gasteiger partial charge on any atom is 0.243 e. The van der Waals surface area contributed by atoms with E-state index in [2.05, 4.69) is 5.32 Å². The van der Waals surface area contributed by atoms with Gasteiger partial charge in [0.15, 0.2) is 0 Å². The van der Waals surface area contributed by atoms with Gasteiger partial charge in [0.05, 0.1) is 17.4 Å². The van der Waals surface area contributed by atoms with Crippen LogP contribution >= 0.6 is 0 Å². The van der Waals surface area contributed by atoms with Crippen LogP contribution in [0.3, 0.4) is 0 Å². The number of nitrogens with one attached hydrogen (secondary N) is 1. The molecular weight excluding hydrogens is 412 g/mol. The van der Waals surface area contributed by atoms with E-state index in [4.69, 9.17) is 4.74 Å². The average molecular weight is 445 g/mol. The molecule has 1 aliphatic rings. The Bertz CT molecular complexity index is 956. The molecule has 168 valence electrons. The van der Waals surface area contributed by atoms with Crippen LogP contribution in [0.1, 0.15) is 37.3 Å². The van der Waals surface area contributed by atoms with Gasteiger partial charge in [-0.15, -0.1) is 0 Å². The summed E-state index contributed by atoms with van der Waals surface area (Å²) in [6.45, 7) is 5.80. The fourth-order valence-electron chi connectivity index (χ4n) is 3.80. The molecule has 31 heavy (non-hydrogen) atoms. The molecule has 1 saturated heterocycles. The van der Waals surface area contributed by atoms with Crippen molar-refractivity contribution in [3.8, 4) is 5.75 Å². The summed E-state index contributed by atoms with van der Waals surface area (Å²) in [4.78, 5) is 12.9. The number of carbonyl (C=O) groups excluding carboxylic acids is 1. The number of benzene rings is 2. The van der Waals surface area contributed by atoms with Gasteiger partial charge in [-0.1, -0.05) is 29.8 Å². The number of piperidine rings is 1. The van der Waals surface area contributed by atoms with E-state index in [-0.39, 0.29) is 23.3 Å². The van der Waals surface area contributed by atoms with Gasteiger partial charge in [-0.05, 0) is 69.4 Å². The topological polar surface area (TPSA) is 75.7 Å². The fraction of sp³-hybridized carbons (Fsp3) is 0.458. The predicted octanol–water partition coefficient (Wildman–Crippen LogP) is 3.54. The minimum Gasteiger partial charge on any atom is -0.494 e. The summed E-state index contributed by atoms with van der Waals surface area (Å²) in [5.74, 6) is 0.497. The van der Waals surface area contributed by atoms with Gasteiger partial charge in [0.25, 0.3) is 0 Å². The number of carbonyl (C=O) groups is 1. The Hall–Kier alpha value is -2.38.